The molecule has 0 atom stereocenters. The summed E-state index contributed by atoms with van der Waals surface area (Å²) in [6.07, 6.45) is 0. The second-order valence-electron chi connectivity index (χ2n) is 4.42. The normalized spacial score (nSPS) is 14.9. The van der Waals surface area contributed by atoms with E-state index in [-0.39, 0.29) is 11.6 Å². The quantitative estimate of drug-likeness (QED) is 0.681. The van der Waals surface area contributed by atoms with Gasteiger partial charge in [0.15, 0.2) is 0 Å². The van der Waals surface area contributed by atoms with Gasteiger partial charge >= 0.3 is 0 Å². The van der Waals surface area contributed by atoms with E-state index in [1.807, 2.05) is 18.7 Å². The van der Waals surface area contributed by atoms with Crippen molar-refractivity contribution in [2.45, 2.75) is 6.92 Å². The fourth-order valence-electron chi connectivity index (χ4n) is 2.10. The third-order valence-corrected chi connectivity index (χ3v) is 4.05. The molecule has 1 saturated heterocycles. The highest BCUT2D eigenvalue weighted by atomic mass is 32.2. The van der Waals surface area contributed by atoms with Gasteiger partial charge in [0.1, 0.15) is 0 Å². The van der Waals surface area contributed by atoms with Crippen LogP contribution < -0.4 is 5.32 Å². The van der Waals surface area contributed by atoms with Crippen LogP contribution in [-0.4, -0.2) is 46.9 Å². The largest absolute Gasteiger partial charge is 0.385 e. The average Bonchev–Trinajstić information content (AvgIpc) is 2.48. The topological polar surface area (TPSA) is 75.5 Å². The molecular formula is C13H17N3O3S. The van der Waals surface area contributed by atoms with Gasteiger partial charge in [0.05, 0.1) is 10.5 Å². The molecule has 0 bridgehead atoms. The maximum Gasteiger partial charge on any atom is 0.270 e. The fraction of sp³-hybridized carbons (Fsp3) is 0.462. The number of carbonyl (C=O) groups excluding carboxylic acids is 1. The van der Waals surface area contributed by atoms with Crippen LogP contribution in [0.25, 0.3) is 0 Å². The molecule has 7 heteroatoms. The van der Waals surface area contributed by atoms with E-state index in [2.05, 4.69) is 5.32 Å². The zero-order chi connectivity index (χ0) is 14.5. The van der Waals surface area contributed by atoms with E-state index in [0.29, 0.717) is 30.9 Å². The predicted octanol–water partition coefficient (Wildman–Crippen LogP) is 2.22. The summed E-state index contributed by atoms with van der Waals surface area (Å²) >= 11 is 1.82. The third-order valence-electron chi connectivity index (χ3n) is 3.11. The monoisotopic (exact) mass is 295 g/mol. The molecule has 1 aliphatic heterocycles. The number of rotatable bonds is 4. The van der Waals surface area contributed by atoms with Crippen molar-refractivity contribution in [3.05, 3.63) is 33.9 Å². The van der Waals surface area contributed by atoms with E-state index >= 15 is 0 Å². The maximum atomic E-state index is 12.5. The zero-order valence-corrected chi connectivity index (χ0v) is 12.1. The van der Waals surface area contributed by atoms with E-state index in [4.69, 9.17) is 0 Å². The third kappa shape index (κ3) is 3.22. The number of thioether (sulfide) groups is 1. The van der Waals surface area contributed by atoms with E-state index in [1.54, 1.807) is 11.0 Å². The first-order valence-electron chi connectivity index (χ1n) is 6.52. The standard InChI is InChI=1S/C13H17N3O3S/c1-2-14-12-4-3-10(16(18)19)9-11(12)13(17)15-5-7-20-8-6-15/h3-4,9,14H,2,5-8H2,1H3. The molecule has 108 valence electrons. The minimum Gasteiger partial charge on any atom is -0.385 e. The molecule has 2 rings (SSSR count). The first kappa shape index (κ1) is 14.6. The van der Waals surface area contributed by atoms with Gasteiger partial charge in [0.2, 0.25) is 0 Å². The molecule has 1 heterocycles. The lowest BCUT2D eigenvalue weighted by Gasteiger charge is -2.27. The second kappa shape index (κ2) is 6.60. The Bertz CT molecular complexity index is 516. The van der Waals surface area contributed by atoms with Gasteiger partial charge in [-0.15, -0.1) is 0 Å². The van der Waals surface area contributed by atoms with Crippen molar-refractivity contribution in [1.29, 1.82) is 0 Å². The van der Waals surface area contributed by atoms with Crippen LogP contribution in [0.5, 0.6) is 0 Å². The summed E-state index contributed by atoms with van der Waals surface area (Å²) in [5.41, 5.74) is 0.982. The minimum atomic E-state index is -0.474. The van der Waals surface area contributed by atoms with E-state index < -0.39 is 4.92 Å². The van der Waals surface area contributed by atoms with Gasteiger partial charge in [-0.05, 0) is 13.0 Å². The van der Waals surface area contributed by atoms with Gasteiger partial charge in [0, 0.05) is 49.0 Å². The SMILES string of the molecule is CCNc1ccc([N+](=O)[O-])cc1C(=O)N1CCSCC1. The molecule has 6 nitrogen and oxygen atoms in total. The van der Waals surface area contributed by atoms with Crippen molar-refractivity contribution in [2.75, 3.05) is 36.5 Å². The van der Waals surface area contributed by atoms with Crippen molar-refractivity contribution in [3.8, 4) is 0 Å². The molecule has 1 aromatic rings. The highest BCUT2D eigenvalue weighted by molar-refractivity contribution is 7.99. The molecular weight excluding hydrogens is 278 g/mol. The Morgan fingerprint density at radius 2 is 2.15 bits per heavy atom. The summed E-state index contributed by atoms with van der Waals surface area (Å²) in [6.45, 7) is 3.97. The Kier molecular flexibility index (Phi) is 4.84. The Labute approximate surface area is 121 Å². The summed E-state index contributed by atoms with van der Waals surface area (Å²) in [5, 5.41) is 14.0. The van der Waals surface area contributed by atoms with Gasteiger partial charge in [-0.25, -0.2) is 0 Å². The molecule has 0 unspecified atom stereocenters. The van der Waals surface area contributed by atoms with Crippen LogP contribution in [0.2, 0.25) is 0 Å². The lowest BCUT2D eigenvalue weighted by molar-refractivity contribution is -0.384. The first-order chi connectivity index (χ1) is 9.63. The Morgan fingerprint density at radius 3 is 2.75 bits per heavy atom. The number of nitro groups is 1. The van der Waals surface area contributed by atoms with Gasteiger partial charge in [-0.2, -0.15) is 11.8 Å². The maximum absolute atomic E-state index is 12.5. The number of hydrogen-bond acceptors (Lipinski definition) is 5. The molecule has 0 radical (unpaired) electrons. The fourth-order valence-corrected chi connectivity index (χ4v) is 3.01. The van der Waals surface area contributed by atoms with Crippen LogP contribution in [-0.2, 0) is 0 Å². The molecule has 1 aliphatic rings. The number of benzene rings is 1. The highest BCUT2D eigenvalue weighted by Crippen LogP contribution is 2.24. The Balaban J connectivity index is 2.32. The molecule has 0 saturated carbocycles. The van der Waals surface area contributed by atoms with E-state index in [0.717, 1.165) is 11.5 Å². The number of nitro benzene ring substituents is 1. The van der Waals surface area contributed by atoms with Crippen molar-refractivity contribution in [2.24, 2.45) is 0 Å². The number of nitrogens with zero attached hydrogens (tertiary/aromatic N) is 2. The molecule has 0 aliphatic carbocycles. The number of non-ortho nitro benzene ring substituents is 1. The van der Waals surface area contributed by atoms with Crippen molar-refractivity contribution >= 4 is 29.0 Å². The predicted molar refractivity (Wildman–Crippen MR) is 80.5 cm³/mol. The molecule has 1 N–H and O–H groups in total. The van der Waals surface area contributed by atoms with Gasteiger partial charge < -0.3 is 10.2 Å². The highest BCUT2D eigenvalue weighted by Gasteiger charge is 2.23. The molecule has 1 aromatic carbocycles. The van der Waals surface area contributed by atoms with Crippen LogP contribution in [0.4, 0.5) is 11.4 Å². The van der Waals surface area contributed by atoms with Crippen molar-refractivity contribution < 1.29 is 9.72 Å². The number of hydrogen-bond donors (Lipinski definition) is 1. The molecule has 0 aromatic heterocycles. The first-order valence-corrected chi connectivity index (χ1v) is 7.68. The lowest BCUT2D eigenvalue weighted by Crippen LogP contribution is -2.38. The summed E-state index contributed by atoms with van der Waals surface area (Å²) in [7, 11) is 0. The van der Waals surface area contributed by atoms with Crippen LogP contribution in [0.15, 0.2) is 18.2 Å². The van der Waals surface area contributed by atoms with Gasteiger partial charge in [0.25, 0.3) is 11.6 Å². The van der Waals surface area contributed by atoms with Crippen LogP contribution in [0.3, 0.4) is 0 Å². The van der Waals surface area contributed by atoms with E-state index in [9.17, 15) is 14.9 Å². The Hall–Kier alpha value is -1.76. The molecule has 1 amide bonds. The number of carbonyl (C=O) groups is 1. The summed E-state index contributed by atoms with van der Waals surface area (Å²) < 4.78 is 0. The van der Waals surface area contributed by atoms with Crippen LogP contribution in [0, 0.1) is 10.1 Å². The molecule has 20 heavy (non-hydrogen) atoms. The minimum absolute atomic E-state index is 0.0543. The van der Waals surface area contributed by atoms with Gasteiger partial charge in [-0.3, -0.25) is 14.9 Å². The second-order valence-corrected chi connectivity index (χ2v) is 5.65. The lowest BCUT2D eigenvalue weighted by atomic mass is 10.1. The zero-order valence-electron chi connectivity index (χ0n) is 11.3. The van der Waals surface area contributed by atoms with Crippen molar-refractivity contribution in [3.63, 3.8) is 0 Å². The van der Waals surface area contributed by atoms with Crippen LogP contribution >= 0.6 is 11.8 Å². The molecule has 1 fully saturated rings. The summed E-state index contributed by atoms with van der Waals surface area (Å²) in [4.78, 5) is 24.7. The summed E-state index contributed by atoms with van der Waals surface area (Å²) in [6, 6.07) is 4.39. The van der Waals surface area contributed by atoms with E-state index in [1.165, 1.54) is 12.1 Å². The Morgan fingerprint density at radius 1 is 1.45 bits per heavy atom. The van der Waals surface area contributed by atoms with Crippen molar-refractivity contribution in [1.82, 2.24) is 4.90 Å². The molecule has 0 spiro atoms. The van der Waals surface area contributed by atoms with Gasteiger partial charge in [-0.1, -0.05) is 0 Å². The number of anilines is 1. The number of amides is 1. The average molecular weight is 295 g/mol. The van der Waals surface area contributed by atoms with Crippen LogP contribution in [0.1, 0.15) is 17.3 Å². The number of nitrogens with one attached hydrogen (secondary N) is 1. The smallest absolute Gasteiger partial charge is 0.270 e. The summed E-state index contributed by atoms with van der Waals surface area (Å²) in [5.74, 6) is 1.69.